The van der Waals surface area contributed by atoms with Crippen molar-refractivity contribution < 1.29 is 9.00 Å². The van der Waals surface area contributed by atoms with Gasteiger partial charge in [-0.3, -0.25) is 9.00 Å². The third kappa shape index (κ3) is 3.93. The van der Waals surface area contributed by atoms with Gasteiger partial charge >= 0.3 is 0 Å². The minimum atomic E-state index is -0.827. The van der Waals surface area contributed by atoms with E-state index in [1.807, 2.05) is 0 Å². The first-order chi connectivity index (χ1) is 7.63. The number of amides is 1. The summed E-state index contributed by atoms with van der Waals surface area (Å²) in [6, 6.07) is 3.24. The van der Waals surface area contributed by atoms with E-state index in [0.29, 0.717) is 18.1 Å². The Hall–Kier alpha value is -1.50. The maximum atomic E-state index is 11.2. The molecular formula is C9H14N4O2S. The lowest BCUT2D eigenvalue weighted by molar-refractivity contribution is 0.0957. The normalized spacial score (nSPS) is 11.9. The second-order valence-corrected chi connectivity index (χ2v) is 4.64. The van der Waals surface area contributed by atoms with Crippen LogP contribution in [0.15, 0.2) is 12.1 Å². The standard InChI is InChI=1S/C9H14N4O2S/c1-10-9(14)7-3-4-8(13-12-7)11-5-6-16(2)15/h3-4H,5-6H2,1-2H3,(H,10,14)(H,11,13). The van der Waals surface area contributed by atoms with Crippen LogP contribution in [0, 0.1) is 0 Å². The molecule has 0 saturated carbocycles. The van der Waals surface area contributed by atoms with Crippen molar-refractivity contribution in [1.29, 1.82) is 0 Å². The van der Waals surface area contributed by atoms with Crippen molar-refractivity contribution in [1.82, 2.24) is 15.5 Å². The van der Waals surface area contributed by atoms with E-state index in [9.17, 15) is 9.00 Å². The molecule has 1 aromatic heterocycles. The van der Waals surface area contributed by atoms with Crippen LogP contribution >= 0.6 is 0 Å². The Morgan fingerprint density at radius 2 is 2.19 bits per heavy atom. The maximum absolute atomic E-state index is 11.2. The molecular weight excluding hydrogens is 228 g/mol. The van der Waals surface area contributed by atoms with E-state index in [-0.39, 0.29) is 11.6 Å². The monoisotopic (exact) mass is 242 g/mol. The maximum Gasteiger partial charge on any atom is 0.271 e. The molecule has 6 nitrogen and oxygen atoms in total. The number of hydrogen-bond acceptors (Lipinski definition) is 5. The smallest absolute Gasteiger partial charge is 0.271 e. The van der Waals surface area contributed by atoms with Crippen molar-refractivity contribution in [2.45, 2.75) is 0 Å². The summed E-state index contributed by atoms with van der Waals surface area (Å²) in [7, 11) is 0.707. The number of nitrogens with zero attached hydrogens (tertiary/aromatic N) is 2. The molecule has 0 fully saturated rings. The van der Waals surface area contributed by atoms with Gasteiger partial charge in [-0.05, 0) is 12.1 Å². The summed E-state index contributed by atoms with van der Waals surface area (Å²) in [6.07, 6.45) is 1.64. The number of carbonyl (C=O) groups excluding carboxylic acids is 1. The summed E-state index contributed by atoms with van der Waals surface area (Å²) in [5.41, 5.74) is 0.270. The van der Waals surface area contributed by atoms with Crippen LogP contribution in [0.25, 0.3) is 0 Å². The second-order valence-electron chi connectivity index (χ2n) is 3.09. The quantitative estimate of drug-likeness (QED) is 0.735. The van der Waals surface area contributed by atoms with Crippen LogP contribution in [0.5, 0.6) is 0 Å². The first-order valence-electron chi connectivity index (χ1n) is 4.73. The summed E-state index contributed by atoms with van der Waals surface area (Å²) in [4.78, 5) is 11.2. The third-order valence-electron chi connectivity index (χ3n) is 1.82. The Kier molecular flexibility index (Phi) is 4.84. The van der Waals surface area contributed by atoms with Crippen LogP contribution in [0.1, 0.15) is 10.5 Å². The molecule has 0 spiro atoms. The van der Waals surface area contributed by atoms with Gasteiger partial charge < -0.3 is 10.6 Å². The van der Waals surface area contributed by atoms with Gasteiger partial charge in [0.15, 0.2) is 5.69 Å². The first kappa shape index (κ1) is 12.6. The average Bonchev–Trinajstić information content (AvgIpc) is 2.28. The number of rotatable bonds is 5. The van der Waals surface area contributed by atoms with Gasteiger partial charge in [-0.25, -0.2) is 0 Å². The van der Waals surface area contributed by atoms with E-state index in [4.69, 9.17) is 0 Å². The van der Waals surface area contributed by atoms with Crippen molar-refractivity contribution in [2.24, 2.45) is 0 Å². The van der Waals surface area contributed by atoms with Crippen LogP contribution in [-0.2, 0) is 10.8 Å². The summed E-state index contributed by atoms with van der Waals surface area (Å²) in [5, 5.41) is 13.0. The fourth-order valence-corrected chi connectivity index (χ4v) is 1.39. The highest BCUT2D eigenvalue weighted by Crippen LogP contribution is 2.01. The number of anilines is 1. The predicted molar refractivity (Wildman–Crippen MR) is 62.8 cm³/mol. The molecule has 1 unspecified atom stereocenters. The van der Waals surface area contributed by atoms with Crippen molar-refractivity contribution in [3.05, 3.63) is 17.8 Å². The zero-order valence-electron chi connectivity index (χ0n) is 9.19. The van der Waals surface area contributed by atoms with Crippen LogP contribution < -0.4 is 10.6 Å². The van der Waals surface area contributed by atoms with E-state index in [1.165, 1.54) is 7.05 Å². The Balaban J connectivity index is 2.51. The summed E-state index contributed by atoms with van der Waals surface area (Å²) >= 11 is 0. The third-order valence-corrected chi connectivity index (χ3v) is 2.60. The fourth-order valence-electron chi connectivity index (χ4n) is 0.999. The second kappa shape index (κ2) is 6.16. The molecule has 0 aromatic carbocycles. The predicted octanol–water partition coefficient (Wildman–Crippen LogP) is -0.373. The highest BCUT2D eigenvalue weighted by atomic mass is 32.2. The summed E-state index contributed by atoms with van der Waals surface area (Å²) < 4.78 is 10.8. The SMILES string of the molecule is CNC(=O)c1ccc(NCCS(C)=O)nn1. The number of hydrogen-bond donors (Lipinski definition) is 2. The zero-order valence-corrected chi connectivity index (χ0v) is 10.0. The van der Waals surface area contributed by atoms with Crippen LogP contribution in [0.2, 0.25) is 0 Å². The van der Waals surface area contributed by atoms with Gasteiger partial charge in [-0.15, -0.1) is 10.2 Å². The molecule has 0 aliphatic heterocycles. The number of aromatic nitrogens is 2. The van der Waals surface area contributed by atoms with Gasteiger partial charge in [0.05, 0.1) is 0 Å². The first-order valence-corrected chi connectivity index (χ1v) is 6.46. The van der Waals surface area contributed by atoms with Crippen LogP contribution in [-0.4, -0.2) is 45.9 Å². The highest BCUT2D eigenvalue weighted by molar-refractivity contribution is 7.84. The molecule has 1 rings (SSSR count). The minimum absolute atomic E-state index is 0.270. The zero-order chi connectivity index (χ0) is 12.0. The van der Waals surface area contributed by atoms with E-state index < -0.39 is 10.8 Å². The molecule has 1 amide bonds. The summed E-state index contributed by atoms with van der Waals surface area (Å²) in [5.74, 6) is 0.852. The molecule has 2 N–H and O–H groups in total. The molecule has 0 radical (unpaired) electrons. The van der Waals surface area contributed by atoms with Gasteiger partial charge in [0, 0.05) is 36.4 Å². The molecule has 1 aromatic rings. The van der Waals surface area contributed by atoms with Gasteiger partial charge in [0.25, 0.3) is 5.91 Å². The Morgan fingerprint density at radius 1 is 1.44 bits per heavy atom. The molecule has 1 atom stereocenters. The molecule has 0 bridgehead atoms. The number of nitrogens with one attached hydrogen (secondary N) is 2. The lowest BCUT2D eigenvalue weighted by Gasteiger charge is -2.03. The van der Waals surface area contributed by atoms with Crippen LogP contribution in [0.3, 0.4) is 0 Å². The largest absolute Gasteiger partial charge is 0.368 e. The fraction of sp³-hybridized carbons (Fsp3) is 0.444. The van der Waals surface area contributed by atoms with Crippen molar-refractivity contribution in [3.8, 4) is 0 Å². The van der Waals surface area contributed by atoms with Crippen molar-refractivity contribution >= 4 is 22.5 Å². The van der Waals surface area contributed by atoms with Crippen molar-refractivity contribution in [3.63, 3.8) is 0 Å². The molecule has 0 aliphatic rings. The highest BCUT2D eigenvalue weighted by Gasteiger charge is 2.04. The molecule has 0 saturated heterocycles. The van der Waals surface area contributed by atoms with E-state index in [0.717, 1.165) is 0 Å². The minimum Gasteiger partial charge on any atom is -0.368 e. The van der Waals surface area contributed by atoms with Gasteiger partial charge in [0.1, 0.15) is 5.82 Å². The van der Waals surface area contributed by atoms with Gasteiger partial charge in [-0.1, -0.05) is 0 Å². The molecule has 7 heteroatoms. The topological polar surface area (TPSA) is 84.0 Å². The van der Waals surface area contributed by atoms with Crippen LogP contribution in [0.4, 0.5) is 5.82 Å². The Bertz CT molecular complexity index is 380. The van der Waals surface area contributed by atoms with E-state index in [2.05, 4.69) is 20.8 Å². The Morgan fingerprint density at radius 3 is 2.69 bits per heavy atom. The van der Waals surface area contributed by atoms with Crippen molar-refractivity contribution in [2.75, 3.05) is 30.9 Å². The molecule has 1 heterocycles. The molecule has 16 heavy (non-hydrogen) atoms. The molecule has 88 valence electrons. The van der Waals surface area contributed by atoms with Gasteiger partial charge in [-0.2, -0.15) is 0 Å². The average molecular weight is 242 g/mol. The summed E-state index contributed by atoms with van der Waals surface area (Å²) in [6.45, 7) is 0.567. The van der Waals surface area contributed by atoms with E-state index >= 15 is 0 Å². The van der Waals surface area contributed by atoms with Gasteiger partial charge in [0.2, 0.25) is 0 Å². The lowest BCUT2D eigenvalue weighted by atomic mass is 10.3. The number of carbonyl (C=O) groups is 1. The van der Waals surface area contributed by atoms with E-state index in [1.54, 1.807) is 18.4 Å². The molecule has 0 aliphatic carbocycles. The Labute approximate surface area is 96.3 Å². The lowest BCUT2D eigenvalue weighted by Crippen LogP contribution is -2.20.